The number of rotatable bonds is 7. The smallest absolute Gasteiger partial charge is 0.340 e. The van der Waals surface area contributed by atoms with Gasteiger partial charge in [0.1, 0.15) is 12.2 Å². The third-order valence-electron chi connectivity index (χ3n) is 5.46. The largest absolute Gasteiger partial charge is 0.457 e. The Morgan fingerprint density at radius 1 is 1.03 bits per heavy atom. The van der Waals surface area contributed by atoms with Crippen LogP contribution in [0.4, 0.5) is 0 Å². The third-order valence-corrected chi connectivity index (χ3v) is 7.59. The predicted octanol–water partition coefficient (Wildman–Crippen LogP) is 4.93. The van der Waals surface area contributed by atoms with Crippen LogP contribution in [0.3, 0.4) is 0 Å². The number of nitrogens with zero attached hydrogens (tertiary/aromatic N) is 1. The number of hydrogen-bond donors (Lipinski definition) is 0. The van der Waals surface area contributed by atoms with Crippen LogP contribution in [0, 0.1) is 6.92 Å². The molecule has 7 nitrogen and oxygen atoms in total. The Morgan fingerprint density at radius 3 is 2.51 bits per heavy atom. The standard InChI is InChI=1S/C26H22ClNO6S/c1-17-8-10-21-19(13-25(29)34-24(21)12-17)16-33-26(30)22-14-20(9-11-23(22)27)35(31,32)28(2)15-18-6-4-3-5-7-18/h3-14H,15-16H2,1-2H3. The number of fused-ring (bicyclic) bond motifs is 1. The van der Waals surface area contributed by atoms with Crippen molar-refractivity contribution in [1.82, 2.24) is 4.31 Å². The third kappa shape index (κ3) is 5.45. The minimum Gasteiger partial charge on any atom is -0.457 e. The minimum atomic E-state index is -3.90. The van der Waals surface area contributed by atoms with E-state index in [-0.39, 0.29) is 28.6 Å². The molecule has 0 saturated carbocycles. The van der Waals surface area contributed by atoms with Gasteiger partial charge in [-0.05, 0) is 42.3 Å². The van der Waals surface area contributed by atoms with Crippen molar-refractivity contribution in [3.05, 3.63) is 110 Å². The summed E-state index contributed by atoms with van der Waals surface area (Å²) in [6, 6.07) is 19.6. The number of esters is 1. The lowest BCUT2D eigenvalue weighted by Crippen LogP contribution is -2.26. The number of benzene rings is 3. The molecule has 4 rings (SSSR count). The zero-order valence-electron chi connectivity index (χ0n) is 19.0. The first-order valence-corrected chi connectivity index (χ1v) is 12.5. The molecule has 0 N–H and O–H groups in total. The number of halogens is 1. The van der Waals surface area contributed by atoms with E-state index >= 15 is 0 Å². The van der Waals surface area contributed by atoms with E-state index < -0.39 is 21.6 Å². The van der Waals surface area contributed by atoms with Crippen molar-refractivity contribution in [2.75, 3.05) is 7.05 Å². The quantitative estimate of drug-likeness (QED) is 0.258. The van der Waals surface area contributed by atoms with Gasteiger partial charge in [0.25, 0.3) is 0 Å². The van der Waals surface area contributed by atoms with Gasteiger partial charge in [0.05, 0.1) is 15.5 Å². The Bertz CT molecular complexity index is 1560. The van der Waals surface area contributed by atoms with Gasteiger partial charge in [-0.3, -0.25) is 0 Å². The van der Waals surface area contributed by atoms with Gasteiger partial charge in [-0.2, -0.15) is 4.31 Å². The van der Waals surface area contributed by atoms with Crippen LogP contribution in [0.15, 0.2) is 86.9 Å². The normalized spacial score (nSPS) is 11.7. The highest BCUT2D eigenvalue weighted by Crippen LogP contribution is 2.25. The van der Waals surface area contributed by atoms with E-state index in [1.807, 2.05) is 43.3 Å². The molecule has 0 spiro atoms. The first-order valence-electron chi connectivity index (χ1n) is 10.7. The van der Waals surface area contributed by atoms with Crippen molar-refractivity contribution in [3.8, 4) is 0 Å². The second-order valence-electron chi connectivity index (χ2n) is 8.05. The van der Waals surface area contributed by atoms with Crippen molar-refractivity contribution in [1.29, 1.82) is 0 Å². The summed E-state index contributed by atoms with van der Waals surface area (Å²) >= 11 is 6.20. The number of carbonyl (C=O) groups excluding carboxylic acids is 1. The Hall–Kier alpha value is -3.46. The second kappa shape index (κ2) is 10.0. The summed E-state index contributed by atoms with van der Waals surface area (Å²) in [4.78, 5) is 24.7. The molecule has 0 bridgehead atoms. The molecule has 3 aromatic carbocycles. The lowest BCUT2D eigenvalue weighted by Gasteiger charge is -2.18. The fraction of sp³-hybridized carbons (Fsp3) is 0.154. The molecule has 0 saturated heterocycles. The van der Waals surface area contributed by atoms with Gasteiger partial charge in [0, 0.05) is 30.6 Å². The SMILES string of the molecule is Cc1ccc2c(COC(=O)c3cc(S(=O)(=O)N(C)Cc4ccccc4)ccc3Cl)cc(=O)oc2c1. The highest BCUT2D eigenvalue weighted by Gasteiger charge is 2.24. The fourth-order valence-corrected chi connectivity index (χ4v) is 4.98. The molecule has 0 unspecified atom stereocenters. The summed E-state index contributed by atoms with van der Waals surface area (Å²) in [6.07, 6.45) is 0. The molecule has 0 fully saturated rings. The van der Waals surface area contributed by atoms with Crippen LogP contribution >= 0.6 is 11.6 Å². The molecule has 0 atom stereocenters. The summed E-state index contributed by atoms with van der Waals surface area (Å²) in [5.41, 5.74) is 1.92. The number of sulfonamides is 1. The van der Waals surface area contributed by atoms with Crippen LogP contribution in [0.1, 0.15) is 27.0 Å². The Labute approximate surface area is 207 Å². The second-order valence-corrected chi connectivity index (χ2v) is 10.5. The lowest BCUT2D eigenvalue weighted by molar-refractivity contribution is 0.0473. The monoisotopic (exact) mass is 511 g/mol. The Kier molecular flexibility index (Phi) is 7.07. The molecule has 1 aromatic heterocycles. The molecule has 180 valence electrons. The molecule has 0 aliphatic heterocycles. The molecule has 9 heteroatoms. The fourth-order valence-electron chi connectivity index (χ4n) is 3.60. The van der Waals surface area contributed by atoms with Gasteiger partial charge in [0.15, 0.2) is 0 Å². The molecule has 4 aromatic rings. The van der Waals surface area contributed by atoms with Gasteiger partial charge in [-0.1, -0.05) is 54.1 Å². The van der Waals surface area contributed by atoms with Crippen LogP contribution in [0.2, 0.25) is 5.02 Å². The van der Waals surface area contributed by atoms with E-state index in [0.29, 0.717) is 16.5 Å². The van der Waals surface area contributed by atoms with E-state index in [4.69, 9.17) is 20.8 Å². The lowest BCUT2D eigenvalue weighted by atomic mass is 10.1. The zero-order valence-corrected chi connectivity index (χ0v) is 20.6. The van der Waals surface area contributed by atoms with Crippen LogP contribution < -0.4 is 5.63 Å². The number of ether oxygens (including phenoxy) is 1. The maximum absolute atomic E-state index is 13.1. The van der Waals surface area contributed by atoms with Gasteiger partial charge < -0.3 is 9.15 Å². The summed E-state index contributed by atoms with van der Waals surface area (Å²) in [6.45, 7) is 1.81. The van der Waals surface area contributed by atoms with E-state index in [1.165, 1.54) is 35.6 Å². The van der Waals surface area contributed by atoms with Crippen LogP contribution in [0.5, 0.6) is 0 Å². The van der Waals surface area contributed by atoms with E-state index in [1.54, 1.807) is 12.1 Å². The van der Waals surface area contributed by atoms with E-state index in [0.717, 1.165) is 11.1 Å². The highest BCUT2D eigenvalue weighted by atomic mass is 35.5. The zero-order chi connectivity index (χ0) is 25.2. The molecular weight excluding hydrogens is 490 g/mol. The van der Waals surface area contributed by atoms with Gasteiger partial charge in [-0.25, -0.2) is 18.0 Å². The molecule has 0 radical (unpaired) electrons. The Balaban J connectivity index is 1.57. The summed E-state index contributed by atoms with van der Waals surface area (Å²) in [5, 5.41) is 0.681. The first-order chi connectivity index (χ1) is 16.6. The van der Waals surface area contributed by atoms with Crippen molar-refractivity contribution >= 4 is 38.6 Å². The van der Waals surface area contributed by atoms with Crippen LogP contribution in [0.25, 0.3) is 11.0 Å². The molecular formula is C26H22ClNO6S. The van der Waals surface area contributed by atoms with Crippen LogP contribution in [-0.2, 0) is 27.9 Å². The van der Waals surface area contributed by atoms with E-state index in [2.05, 4.69) is 0 Å². The number of aryl methyl sites for hydroxylation is 1. The van der Waals surface area contributed by atoms with E-state index in [9.17, 15) is 18.0 Å². The molecule has 0 aliphatic carbocycles. The summed E-state index contributed by atoms with van der Waals surface area (Å²) in [5.74, 6) is -0.814. The number of carbonyl (C=O) groups is 1. The van der Waals surface area contributed by atoms with Gasteiger partial charge >= 0.3 is 11.6 Å². The van der Waals surface area contributed by atoms with Crippen molar-refractivity contribution in [3.63, 3.8) is 0 Å². The maximum atomic E-state index is 13.1. The molecule has 0 aliphatic rings. The van der Waals surface area contributed by atoms with Crippen LogP contribution in [-0.4, -0.2) is 25.7 Å². The average molecular weight is 512 g/mol. The van der Waals surface area contributed by atoms with Gasteiger partial charge in [0.2, 0.25) is 10.0 Å². The van der Waals surface area contributed by atoms with Crippen molar-refractivity contribution in [2.45, 2.75) is 25.0 Å². The van der Waals surface area contributed by atoms with Gasteiger partial charge in [-0.15, -0.1) is 0 Å². The maximum Gasteiger partial charge on any atom is 0.340 e. The predicted molar refractivity (Wildman–Crippen MR) is 133 cm³/mol. The first kappa shape index (κ1) is 24.7. The highest BCUT2D eigenvalue weighted by molar-refractivity contribution is 7.89. The molecule has 1 heterocycles. The molecule has 0 amide bonds. The minimum absolute atomic E-state index is 0.0488. The van der Waals surface area contributed by atoms with Crippen molar-refractivity contribution < 1.29 is 22.4 Å². The summed E-state index contributed by atoms with van der Waals surface area (Å²) < 4.78 is 38.0. The number of hydrogen-bond acceptors (Lipinski definition) is 6. The Morgan fingerprint density at radius 2 is 1.77 bits per heavy atom. The van der Waals surface area contributed by atoms with Crippen molar-refractivity contribution in [2.24, 2.45) is 0 Å². The topological polar surface area (TPSA) is 93.9 Å². The summed E-state index contributed by atoms with van der Waals surface area (Å²) in [7, 11) is -2.44. The molecule has 35 heavy (non-hydrogen) atoms. The average Bonchev–Trinajstić information content (AvgIpc) is 2.82.